The van der Waals surface area contributed by atoms with Crippen LogP contribution in [0.2, 0.25) is 0 Å². The van der Waals surface area contributed by atoms with E-state index >= 15 is 0 Å². The van der Waals surface area contributed by atoms with Crippen LogP contribution in [0.1, 0.15) is 25.7 Å². The molecule has 168 valence electrons. The maximum absolute atomic E-state index is 5.52. The van der Waals surface area contributed by atoms with E-state index in [-0.39, 0.29) is 0 Å². The average Bonchev–Trinajstić information content (AvgIpc) is 3.46. The Balaban J connectivity index is 1.04. The predicted octanol–water partition coefficient (Wildman–Crippen LogP) is 3.58. The van der Waals surface area contributed by atoms with E-state index in [1.54, 1.807) is 0 Å². The SMILES string of the molecule is Cn1cc2cc(-c3cnc(NC4C[C@@H]5CN(CC6CCOCC6)C[C@H]5C4)nc3)ccc2n1. The first-order valence-corrected chi connectivity index (χ1v) is 12.0. The monoisotopic (exact) mass is 432 g/mol. The van der Waals surface area contributed by atoms with Crippen LogP contribution in [-0.2, 0) is 11.8 Å². The van der Waals surface area contributed by atoms with Gasteiger partial charge in [-0.2, -0.15) is 5.10 Å². The Morgan fingerprint density at radius 2 is 1.78 bits per heavy atom. The van der Waals surface area contributed by atoms with Gasteiger partial charge in [0.1, 0.15) is 0 Å². The van der Waals surface area contributed by atoms with Gasteiger partial charge in [-0.1, -0.05) is 6.07 Å². The molecule has 1 aliphatic carbocycles. The van der Waals surface area contributed by atoms with Crippen molar-refractivity contribution in [1.29, 1.82) is 0 Å². The standard InChI is InChI=1S/C25H32N6O/c1-30-14-21-8-18(2-3-24(21)29-30)22-11-26-25(27-12-22)28-23-9-19-15-31(16-20(19)10-23)13-17-4-6-32-7-5-17/h2-3,8,11-12,14,17,19-20,23H,4-7,9-10,13,15-16H2,1H3,(H,26,27,28)/t19-,20-/m1/s1. The summed E-state index contributed by atoms with van der Waals surface area (Å²) < 4.78 is 7.36. The van der Waals surface area contributed by atoms with Crippen LogP contribution in [0.25, 0.3) is 22.0 Å². The summed E-state index contributed by atoms with van der Waals surface area (Å²) in [5, 5.41) is 9.19. The molecule has 0 bridgehead atoms. The zero-order chi connectivity index (χ0) is 21.5. The zero-order valence-corrected chi connectivity index (χ0v) is 18.8. The van der Waals surface area contributed by atoms with Crippen molar-refractivity contribution in [3.8, 4) is 11.1 Å². The van der Waals surface area contributed by atoms with Gasteiger partial charge in [0.15, 0.2) is 0 Å². The van der Waals surface area contributed by atoms with Crippen LogP contribution in [-0.4, -0.2) is 63.5 Å². The van der Waals surface area contributed by atoms with Gasteiger partial charge in [0, 0.05) is 75.5 Å². The maximum atomic E-state index is 5.52. The summed E-state index contributed by atoms with van der Waals surface area (Å²) in [5.74, 6) is 3.22. The Labute approximate surface area is 189 Å². The molecule has 32 heavy (non-hydrogen) atoms. The molecule has 2 aromatic heterocycles. The first-order chi connectivity index (χ1) is 15.7. The maximum Gasteiger partial charge on any atom is 0.222 e. The number of benzene rings is 1. The Kier molecular flexibility index (Phi) is 5.31. The van der Waals surface area contributed by atoms with Crippen molar-refractivity contribution < 1.29 is 4.74 Å². The number of fused-ring (bicyclic) bond motifs is 2. The number of ether oxygens (including phenoxy) is 1. The van der Waals surface area contributed by atoms with E-state index in [0.717, 1.165) is 58.9 Å². The molecule has 7 heteroatoms. The molecule has 1 saturated carbocycles. The van der Waals surface area contributed by atoms with Crippen molar-refractivity contribution in [2.24, 2.45) is 24.8 Å². The summed E-state index contributed by atoms with van der Waals surface area (Å²) in [6, 6.07) is 6.79. The third kappa shape index (κ3) is 4.11. The molecular weight excluding hydrogens is 400 g/mol. The van der Waals surface area contributed by atoms with Gasteiger partial charge in [0.2, 0.25) is 5.95 Å². The van der Waals surface area contributed by atoms with Crippen molar-refractivity contribution in [1.82, 2.24) is 24.6 Å². The molecule has 3 aliphatic rings. The topological polar surface area (TPSA) is 68.1 Å². The molecule has 2 saturated heterocycles. The molecule has 1 aromatic carbocycles. The van der Waals surface area contributed by atoms with E-state index in [4.69, 9.17) is 4.74 Å². The van der Waals surface area contributed by atoms with Crippen LogP contribution in [0.3, 0.4) is 0 Å². The fraction of sp³-hybridized carbons (Fsp3) is 0.560. The molecular formula is C25H32N6O. The summed E-state index contributed by atoms with van der Waals surface area (Å²) >= 11 is 0. The zero-order valence-electron chi connectivity index (χ0n) is 18.8. The van der Waals surface area contributed by atoms with E-state index < -0.39 is 0 Å². The number of aryl methyl sites for hydroxylation is 1. The molecule has 0 spiro atoms. The molecule has 2 atom stereocenters. The lowest BCUT2D eigenvalue weighted by Crippen LogP contribution is -2.32. The van der Waals surface area contributed by atoms with E-state index in [2.05, 4.69) is 43.5 Å². The van der Waals surface area contributed by atoms with Gasteiger partial charge in [-0.05, 0) is 61.1 Å². The summed E-state index contributed by atoms with van der Waals surface area (Å²) in [6.45, 7) is 5.69. The van der Waals surface area contributed by atoms with Crippen LogP contribution in [0.15, 0.2) is 36.8 Å². The quantitative estimate of drug-likeness (QED) is 0.665. The lowest BCUT2D eigenvalue weighted by Gasteiger charge is -2.27. The second-order valence-corrected chi connectivity index (χ2v) is 9.98. The van der Waals surface area contributed by atoms with E-state index in [0.29, 0.717) is 6.04 Å². The molecule has 0 amide bonds. The highest BCUT2D eigenvalue weighted by atomic mass is 16.5. The van der Waals surface area contributed by atoms with Gasteiger partial charge >= 0.3 is 0 Å². The number of anilines is 1. The molecule has 0 unspecified atom stereocenters. The Bertz CT molecular complexity index is 1060. The van der Waals surface area contributed by atoms with Crippen LogP contribution >= 0.6 is 0 Å². The lowest BCUT2D eigenvalue weighted by molar-refractivity contribution is 0.0545. The van der Waals surface area contributed by atoms with Crippen LogP contribution in [0.4, 0.5) is 5.95 Å². The number of nitrogens with one attached hydrogen (secondary N) is 1. The minimum Gasteiger partial charge on any atom is -0.381 e. The highest BCUT2D eigenvalue weighted by molar-refractivity contribution is 5.83. The molecule has 6 rings (SSSR count). The van der Waals surface area contributed by atoms with Crippen molar-refractivity contribution >= 4 is 16.9 Å². The van der Waals surface area contributed by atoms with Crippen LogP contribution in [0.5, 0.6) is 0 Å². The van der Waals surface area contributed by atoms with Gasteiger partial charge in [0.25, 0.3) is 0 Å². The Morgan fingerprint density at radius 1 is 1.03 bits per heavy atom. The molecule has 3 aromatic rings. The number of hydrogen-bond donors (Lipinski definition) is 1. The predicted molar refractivity (Wildman–Crippen MR) is 125 cm³/mol. The second-order valence-electron chi connectivity index (χ2n) is 9.98. The second kappa shape index (κ2) is 8.45. The largest absolute Gasteiger partial charge is 0.381 e. The smallest absolute Gasteiger partial charge is 0.222 e. The number of rotatable bonds is 5. The normalized spacial score (nSPS) is 24.9. The number of hydrogen-bond acceptors (Lipinski definition) is 6. The molecule has 0 radical (unpaired) electrons. The third-order valence-corrected chi connectivity index (χ3v) is 7.62. The average molecular weight is 433 g/mol. The van der Waals surface area contributed by atoms with Crippen LogP contribution in [0, 0.1) is 17.8 Å². The van der Waals surface area contributed by atoms with Crippen molar-refractivity contribution in [2.45, 2.75) is 31.7 Å². The lowest BCUT2D eigenvalue weighted by atomic mass is 10.00. The fourth-order valence-corrected chi connectivity index (χ4v) is 6.02. The molecule has 2 aliphatic heterocycles. The first-order valence-electron chi connectivity index (χ1n) is 12.0. The van der Waals surface area contributed by atoms with Crippen molar-refractivity contribution in [3.05, 3.63) is 36.8 Å². The number of nitrogens with zero attached hydrogens (tertiary/aromatic N) is 5. The summed E-state index contributed by atoms with van der Waals surface area (Å²) in [7, 11) is 1.95. The minimum absolute atomic E-state index is 0.493. The van der Waals surface area contributed by atoms with Crippen molar-refractivity contribution in [3.63, 3.8) is 0 Å². The van der Waals surface area contributed by atoms with E-state index in [9.17, 15) is 0 Å². The Morgan fingerprint density at radius 3 is 2.53 bits per heavy atom. The van der Waals surface area contributed by atoms with E-state index in [1.807, 2.05) is 30.3 Å². The fourth-order valence-electron chi connectivity index (χ4n) is 6.02. The molecule has 1 N–H and O–H groups in total. The van der Waals surface area contributed by atoms with Gasteiger partial charge < -0.3 is 15.0 Å². The summed E-state index contributed by atoms with van der Waals surface area (Å²) in [4.78, 5) is 12.0. The summed E-state index contributed by atoms with van der Waals surface area (Å²) in [5.41, 5.74) is 3.17. The summed E-state index contributed by atoms with van der Waals surface area (Å²) in [6.07, 6.45) is 10.8. The van der Waals surface area contributed by atoms with Gasteiger partial charge in [-0.3, -0.25) is 4.68 Å². The third-order valence-electron chi connectivity index (χ3n) is 7.62. The van der Waals surface area contributed by atoms with Crippen molar-refractivity contribution in [2.75, 3.05) is 38.2 Å². The minimum atomic E-state index is 0.493. The number of aromatic nitrogens is 4. The van der Waals surface area contributed by atoms with E-state index in [1.165, 1.54) is 45.3 Å². The molecule has 4 heterocycles. The van der Waals surface area contributed by atoms with Gasteiger partial charge in [-0.15, -0.1) is 0 Å². The van der Waals surface area contributed by atoms with Crippen LogP contribution < -0.4 is 5.32 Å². The van der Waals surface area contributed by atoms with Gasteiger partial charge in [0.05, 0.1) is 5.52 Å². The molecule has 3 fully saturated rings. The number of likely N-dealkylation sites (tertiary alicyclic amines) is 1. The molecule has 7 nitrogen and oxygen atoms in total. The highest BCUT2D eigenvalue weighted by Gasteiger charge is 2.41. The highest BCUT2D eigenvalue weighted by Crippen LogP contribution is 2.39. The first kappa shape index (κ1) is 20.1. The van der Waals surface area contributed by atoms with Gasteiger partial charge in [-0.25, -0.2) is 9.97 Å². The Hall–Kier alpha value is -2.51.